The second kappa shape index (κ2) is 16.1. The zero-order valence-corrected chi connectivity index (χ0v) is 21.2. The fraction of sp³-hybridized carbons (Fsp3) is 0.636. The Kier molecular flexibility index (Phi) is 14.3. The topological polar surface area (TPSA) is 84.4 Å². The molecule has 0 radical (unpaired) electrons. The third-order valence-electron chi connectivity index (χ3n) is 4.70. The van der Waals surface area contributed by atoms with Gasteiger partial charge in [0.05, 0.1) is 12.6 Å². The van der Waals surface area contributed by atoms with Gasteiger partial charge in [0.2, 0.25) is 5.91 Å². The molecule has 1 heterocycles. The van der Waals surface area contributed by atoms with Crippen molar-refractivity contribution in [2.45, 2.75) is 39.2 Å². The van der Waals surface area contributed by atoms with Crippen molar-refractivity contribution in [3.63, 3.8) is 0 Å². The van der Waals surface area contributed by atoms with E-state index in [4.69, 9.17) is 19.2 Å². The number of piperidine rings is 1. The number of carbonyl (C=O) groups excluding carboxylic acids is 1. The van der Waals surface area contributed by atoms with Gasteiger partial charge in [0.15, 0.2) is 5.96 Å². The predicted octanol–water partition coefficient (Wildman–Crippen LogP) is 3.12. The minimum Gasteiger partial charge on any atom is -0.492 e. The molecule has 0 aliphatic carbocycles. The van der Waals surface area contributed by atoms with E-state index in [2.05, 4.69) is 22.5 Å². The third-order valence-corrected chi connectivity index (χ3v) is 4.70. The second-order valence-corrected chi connectivity index (χ2v) is 7.20. The van der Waals surface area contributed by atoms with Gasteiger partial charge in [0.25, 0.3) is 0 Å². The van der Waals surface area contributed by atoms with Crippen LogP contribution in [0.1, 0.15) is 33.1 Å². The Morgan fingerprint density at radius 2 is 2.00 bits per heavy atom. The number of nitrogens with one attached hydrogen (secondary N) is 2. The molecule has 0 unspecified atom stereocenters. The Bertz CT molecular complexity index is 667. The lowest BCUT2D eigenvalue weighted by Gasteiger charge is -2.34. The first-order valence-corrected chi connectivity index (χ1v) is 10.8. The summed E-state index contributed by atoms with van der Waals surface area (Å²) in [4.78, 5) is 18.2. The molecular weight excluding hydrogens is 511 g/mol. The minimum absolute atomic E-state index is 0. The number of hydrogen-bond acceptors (Lipinski definition) is 5. The maximum atomic E-state index is 11.2. The van der Waals surface area contributed by atoms with Gasteiger partial charge in [-0.1, -0.05) is 6.07 Å². The van der Waals surface area contributed by atoms with Crippen LogP contribution in [-0.2, 0) is 14.3 Å². The first-order chi connectivity index (χ1) is 14.6. The number of hydrogen-bond donors (Lipinski definition) is 2. The van der Waals surface area contributed by atoms with Crippen molar-refractivity contribution in [3.05, 3.63) is 24.3 Å². The van der Waals surface area contributed by atoms with E-state index in [1.807, 2.05) is 24.3 Å². The quantitative estimate of drug-likeness (QED) is 0.191. The zero-order chi connectivity index (χ0) is 21.6. The molecule has 0 bridgehead atoms. The van der Waals surface area contributed by atoms with Crippen molar-refractivity contribution in [2.24, 2.45) is 4.99 Å². The molecule has 1 aliphatic heterocycles. The number of aliphatic imine (C=N–C) groups is 1. The average Bonchev–Trinajstić information content (AvgIpc) is 2.74. The number of rotatable bonds is 11. The standard InChI is InChI=1S/C22H36N4O4.HI/c1-4-23-22(26-12-9-20(10-13-26)29-15-6-14-28-3)24-11-16-30-21-8-5-7-19(17-21)25-18(2)27;/h5,7-8,17,20H,4,6,9-16H2,1-3H3,(H,23,24)(H,25,27);1H. The number of benzene rings is 1. The van der Waals surface area contributed by atoms with Gasteiger partial charge in [0, 0.05) is 58.6 Å². The van der Waals surface area contributed by atoms with Crippen LogP contribution in [-0.4, -0.2) is 76.0 Å². The maximum Gasteiger partial charge on any atom is 0.221 e. The smallest absolute Gasteiger partial charge is 0.221 e. The Morgan fingerprint density at radius 1 is 1.23 bits per heavy atom. The number of likely N-dealkylation sites (tertiary alicyclic amines) is 1. The Morgan fingerprint density at radius 3 is 2.68 bits per heavy atom. The zero-order valence-electron chi connectivity index (χ0n) is 18.9. The molecule has 1 aromatic rings. The highest BCUT2D eigenvalue weighted by molar-refractivity contribution is 14.0. The number of amides is 1. The van der Waals surface area contributed by atoms with Gasteiger partial charge in [-0.2, -0.15) is 0 Å². The summed E-state index contributed by atoms with van der Waals surface area (Å²) in [6.07, 6.45) is 3.27. The fourth-order valence-electron chi connectivity index (χ4n) is 3.30. The van der Waals surface area contributed by atoms with Crippen LogP contribution >= 0.6 is 24.0 Å². The van der Waals surface area contributed by atoms with E-state index in [0.717, 1.165) is 63.8 Å². The summed E-state index contributed by atoms with van der Waals surface area (Å²) in [5, 5.41) is 6.13. The maximum absolute atomic E-state index is 11.2. The summed E-state index contributed by atoms with van der Waals surface area (Å²) in [6.45, 7) is 8.78. The largest absolute Gasteiger partial charge is 0.492 e. The first kappa shape index (κ1) is 27.4. The fourth-order valence-corrected chi connectivity index (χ4v) is 3.30. The summed E-state index contributed by atoms with van der Waals surface area (Å²) in [5.41, 5.74) is 0.726. The molecule has 31 heavy (non-hydrogen) atoms. The number of methoxy groups -OCH3 is 1. The molecule has 9 heteroatoms. The second-order valence-electron chi connectivity index (χ2n) is 7.20. The van der Waals surface area contributed by atoms with Gasteiger partial charge in [0.1, 0.15) is 12.4 Å². The average molecular weight is 548 g/mol. The van der Waals surface area contributed by atoms with E-state index in [1.54, 1.807) is 7.11 Å². The van der Waals surface area contributed by atoms with Gasteiger partial charge in [-0.25, -0.2) is 4.99 Å². The van der Waals surface area contributed by atoms with Gasteiger partial charge in [-0.3, -0.25) is 4.79 Å². The van der Waals surface area contributed by atoms with Crippen molar-refractivity contribution in [3.8, 4) is 5.75 Å². The summed E-state index contributed by atoms with van der Waals surface area (Å²) < 4.78 is 16.8. The molecule has 0 saturated carbocycles. The van der Waals surface area contributed by atoms with E-state index in [0.29, 0.717) is 25.0 Å². The molecule has 2 rings (SSSR count). The number of halogens is 1. The lowest BCUT2D eigenvalue weighted by atomic mass is 10.1. The highest BCUT2D eigenvalue weighted by atomic mass is 127. The normalized spacial score (nSPS) is 14.7. The van der Waals surface area contributed by atoms with Crippen molar-refractivity contribution in [2.75, 3.05) is 58.4 Å². The predicted molar refractivity (Wildman–Crippen MR) is 135 cm³/mol. The van der Waals surface area contributed by atoms with Gasteiger partial charge >= 0.3 is 0 Å². The Labute approximate surface area is 203 Å². The molecule has 1 fully saturated rings. The van der Waals surface area contributed by atoms with Gasteiger partial charge in [-0.05, 0) is 38.3 Å². The molecule has 0 aromatic heterocycles. The molecule has 1 aliphatic rings. The monoisotopic (exact) mass is 548 g/mol. The van der Waals surface area contributed by atoms with Gasteiger partial charge < -0.3 is 29.7 Å². The number of anilines is 1. The molecule has 2 N–H and O–H groups in total. The highest BCUT2D eigenvalue weighted by Crippen LogP contribution is 2.17. The Balaban J connectivity index is 0.00000480. The molecule has 1 saturated heterocycles. The number of guanidine groups is 1. The lowest BCUT2D eigenvalue weighted by Crippen LogP contribution is -2.47. The molecule has 0 spiro atoms. The molecule has 1 amide bonds. The Hall–Kier alpha value is -1.59. The van der Waals surface area contributed by atoms with Crippen LogP contribution in [0.4, 0.5) is 5.69 Å². The van der Waals surface area contributed by atoms with Crippen molar-refractivity contribution in [1.82, 2.24) is 10.2 Å². The van der Waals surface area contributed by atoms with Crippen LogP contribution < -0.4 is 15.4 Å². The van der Waals surface area contributed by atoms with Crippen molar-refractivity contribution in [1.29, 1.82) is 0 Å². The van der Waals surface area contributed by atoms with E-state index in [1.165, 1.54) is 6.92 Å². The molecule has 1 aromatic carbocycles. The molecular formula is C22H37IN4O4. The van der Waals surface area contributed by atoms with Crippen molar-refractivity contribution < 1.29 is 19.0 Å². The summed E-state index contributed by atoms with van der Waals surface area (Å²) in [7, 11) is 1.72. The summed E-state index contributed by atoms with van der Waals surface area (Å²) >= 11 is 0. The van der Waals surface area contributed by atoms with Crippen LogP contribution in [0.15, 0.2) is 29.3 Å². The third kappa shape index (κ3) is 11.0. The van der Waals surface area contributed by atoms with E-state index >= 15 is 0 Å². The van der Waals surface area contributed by atoms with Crippen LogP contribution in [0.5, 0.6) is 5.75 Å². The minimum atomic E-state index is -0.101. The summed E-state index contributed by atoms with van der Waals surface area (Å²) in [6, 6.07) is 7.38. The molecule has 0 atom stereocenters. The van der Waals surface area contributed by atoms with E-state index < -0.39 is 0 Å². The lowest BCUT2D eigenvalue weighted by molar-refractivity contribution is -0.114. The summed E-state index contributed by atoms with van der Waals surface area (Å²) in [5.74, 6) is 1.54. The van der Waals surface area contributed by atoms with Crippen LogP contribution in [0, 0.1) is 0 Å². The number of carbonyl (C=O) groups is 1. The van der Waals surface area contributed by atoms with Gasteiger partial charge in [-0.15, -0.1) is 24.0 Å². The van der Waals surface area contributed by atoms with Crippen molar-refractivity contribution >= 4 is 41.5 Å². The van der Waals surface area contributed by atoms with Crippen LogP contribution in [0.25, 0.3) is 0 Å². The van der Waals surface area contributed by atoms with Crippen LogP contribution in [0.2, 0.25) is 0 Å². The molecule has 8 nitrogen and oxygen atoms in total. The number of nitrogens with zero attached hydrogens (tertiary/aromatic N) is 2. The molecule has 176 valence electrons. The number of ether oxygens (including phenoxy) is 3. The SMILES string of the molecule is CCNC(=NCCOc1cccc(NC(C)=O)c1)N1CCC(OCCCOC)CC1.I. The first-order valence-electron chi connectivity index (χ1n) is 10.8. The van der Waals surface area contributed by atoms with E-state index in [-0.39, 0.29) is 29.9 Å². The van der Waals surface area contributed by atoms with E-state index in [9.17, 15) is 4.79 Å². The van der Waals surface area contributed by atoms with Crippen LogP contribution in [0.3, 0.4) is 0 Å². The highest BCUT2D eigenvalue weighted by Gasteiger charge is 2.21.